The monoisotopic (exact) mass is 290 g/mol. The van der Waals surface area contributed by atoms with Crippen molar-refractivity contribution in [1.29, 1.82) is 0 Å². The summed E-state index contributed by atoms with van der Waals surface area (Å²) in [5, 5.41) is 14.8. The van der Waals surface area contributed by atoms with Crippen LogP contribution < -0.4 is 15.4 Å². The van der Waals surface area contributed by atoms with E-state index in [1.807, 2.05) is 0 Å². The van der Waals surface area contributed by atoms with Gasteiger partial charge in [0.15, 0.2) is 0 Å². The number of aliphatic hydroxyl groups is 1. The van der Waals surface area contributed by atoms with Crippen molar-refractivity contribution in [2.75, 3.05) is 13.7 Å². The second-order valence-corrected chi connectivity index (χ2v) is 4.41. The number of hydrogen-bond donors (Lipinski definition) is 3. The maximum absolute atomic E-state index is 11.8. The highest BCUT2D eigenvalue weighted by atomic mass is 16.5. The molecular formula is C15H18N2O4. The first-order valence-electron chi connectivity index (χ1n) is 6.54. The summed E-state index contributed by atoms with van der Waals surface area (Å²) in [4.78, 5) is 11.8. The molecule has 1 atom stereocenters. The third kappa shape index (κ3) is 4.25. The number of ether oxygens (including phenoxy) is 1. The fourth-order valence-corrected chi connectivity index (χ4v) is 1.86. The number of amides is 2. The average molecular weight is 290 g/mol. The molecule has 0 fully saturated rings. The first kappa shape index (κ1) is 14.9. The quantitative estimate of drug-likeness (QED) is 0.757. The van der Waals surface area contributed by atoms with Crippen LogP contribution in [0.4, 0.5) is 4.79 Å². The molecule has 0 saturated heterocycles. The minimum Gasteiger partial charge on any atom is -0.497 e. The van der Waals surface area contributed by atoms with Gasteiger partial charge < -0.3 is 24.9 Å². The van der Waals surface area contributed by atoms with Gasteiger partial charge in [0, 0.05) is 0 Å². The number of nitrogens with one attached hydrogen (secondary N) is 2. The van der Waals surface area contributed by atoms with E-state index in [-0.39, 0.29) is 12.6 Å². The Morgan fingerprint density at radius 1 is 1.33 bits per heavy atom. The molecule has 0 radical (unpaired) electrons. The van der Waals surface area contributed by atoms with Crippen molar-refractivity contribution in [2.45, 2.75) is 12.6 Å². The lowest BCUT2D eigenvalue weighted by molar-refractivity contribution is 0.216. The third-order valence-electron chi connectivity index (χ3n) is 3.01. The molecule has 0 aliphatic rings. The number of furan rings is 1. The van der Waals surface area contributed by atoms with Gasteiger partial charge >= 0.3 is 6.03 Å². The Bertz CT molecular complexity index is 552. The second kappa shape index (κ2) is 7.35. The number of urea groups is 1. The number of aliphatic hydroxyl groups excluding tert-OH is 1. The van der Waals surface area contributed by atoms with Gasteiger partial charge in [-0.05, 0) is 29.8 Å². The number of carbonyl (C=O) groups excluding carboxylic acids is 1. The van der Waals surface area contributed by atoms with Crippen LogP contribution in [-0.2, 0) is 6.54 Å². The van der Waals surface area contributed by atoms with Gasteiger partial charge in [0.1, 0.15) is 11.5 Å². The molecule has 0 aliphatic carbocycles. The Morgan fingerprint density at radius 2 is 2.10 bits per heavy atom. The number of carbonyl (C=O) groups is 1. The fraction of sp³-hybridized carbons (Fsp3) is 0.267. The lowest BCUT2D eigenvalue weighted by Crippen LogP contribution is -2.38. The molecule has 21 heavy (non-hydrogen) atoms. The summed E-state index contributed by atoms with van der Waals surface area (Å²) in [6, 6.07) is 9.82. The molecule has 0 bridgehead atoms. The summed E-state index contributed by atoms with van der Waals surface area (Å²) in [7, 11) is 1.58. The third-order valence-corrected chi connectivity index (χ3v) is 3.01. The highest BCUT2D eigenvalue weighted by molar-refractivity contribution is 5.74. The van der Waals surface area contributed by atoms with Crippen molar-refractivity contribution in [1.82, 2.24) is 10.6 Å². The normalized spacial score (nSPS) is 11.7. The van der Waals surface area contributed by atoms with E-state index < -0.39 is 6.04 Å². The van der Waals surface area contributed by atoms with Crippen molar-refractivity contribution in [2.24, 2.45) is 0 Å². The van der Waals surface area contributed by atoms with Crippen LogP contribution in [0.25, 0.3) is 0 Å². The van der Waals surface area contributed by atoms with Gasteiger partial charge in [-0.3, -0.25) is 0 Å². The van der Waals surface area contributed by atoms with Gasteiger partial charge in [0.2, 0.25) is 0 Å². The number of rotatable bonds is 6. The number of methoxy groups -OCH3 is 1. The summed E-state index contributed by atoms with van der Waals surface area (Å²) in [5.41, 5.74) is 0.798. The van der Waals surface area contributed by atoms with Crippen molar-refractivity contribution < 1.29 is 19.1 Å². The van der Waals surface area contributed by atoms with Crippen LogP contribution in [0.3, 0.4) is 0 Å². The molecular weight excluding hydrogens is 272 g/mol. The smallest absolute Gasteiger partial charge is 0.315 e. The number of benzene rings is 1. The minimum atomic E-state index is -0.479. The van der Waals surface area contributed by atoms with Crippen LogP contribution in [0.2, 0.25) is 0 Å². The van der Waals surface area contributed by atoms with Crippen LogP contribution in [0.5, 0.6) is 5.75 Å². The first-order chi connectivity index (χ1) is 10.2. The van der Waals surface area contributed by atoms with Crippen LogP contribution in [0.1, 0.15) is 17.4 Å². The van der Waals surface area contributed by atoms with Crippen molar-refractivity contribution in [3.63, 3.8) is 0 Å². The molecule has 1 aromatic carbocycles. The highest BCUT2D eigenvalue weighted by Gasteiger charge is 2.13. The molecule has 6 heteroatoms. The standard InChI is InChI=1S/C15H18N2O4/c1-20-12-6-4-11(5-7-12)14(10-18)17-15(19)16-9-13-3-2-8-21-13/h2-8,14,18H,9-10H2,1H3,(H2,16,17,19)/t14-/m0/s1. The summed E-state index contributed by atoms with van der Waals surface area (Å²) < 4.78 is 10.2. The molecule has 0 spiro atoms. The lowest BCUT2D eigenvalue weighted by atomic mass is 10.1. The van der Waals surface area contributed by atoms with Gasteiger partial charge in [-0.15, -0.1) is 0 Å². The van der Waals surface area contributed by atoms with E-state index in [0.717, 1.165) is 11.3 Å². The van der Waals surface area contributed by atoms with E-state index >= 15 is 0 Å². The van der Waals surface area contributed by atoms with E-state index in [0.29, 0.717) is 12.3 Å². The van der Waals surface area contributed by atoms with E-state index in [1.54, 1.807) is 49.8 Å². The van der Waals surface area contributed by atoms with E-state index in [9.17, 15) is 9.90 Å². The molecule has 112 valence electrons. The zero-order valence-electron chi connectivity index (χ0n) is 11.7. The van der Waals surface area contributed by atoms with Crippen LogP contribution >= 0.6 is 0 Å². The topological polar surface area (TPSA) is 83.7 Å². The van der Waals surface area contributed by atoms with Crippen LogP contribution in [0, 0.1) is 0 Å². The fourth-order valence-electron chi connectivity index (χ4n) is 1.86. The molecule has 2 rings (SSSR count). The largest absolute Gasteiger partial charge is 0.497 e. The lowest BCUT2D eigenvalue weighted by Gasteiger charge is -2.17. The Balaban J connectivity index is 1.89. The van der Waals surface area contributed by atoms with Crippen molar-refractivity contribution >= 4 is 6.03 Å². The van der Waals surface area contributed by atoms with Gasteiger partial charge in [-0.25, -0.2) is 4.79 Å². The average Bonchev–Trinajstić information content (AvgIpc) is 3.04. The molecule has 2 aromatic rings. The minimum absolute atomic E-state index is 0.194. The molecule has 0 unspecified atom stereocenters. The van der Waals surface area contributed by atoms with Gasteiger partial charge in [-0.1, -0.05) is 12.1 Å². The maximum Gasteiger partial charge on any atom is 0.315 e. The zero-order valence-corrected chi connectivity index (χ0v) is 11.7. The van der Waals surface area contributed by atoms with Gasteiger partial charge in [0.25, 0.3) is 0 Å². The summed E-state index contributed by atoms with van der Waals surface area (Å²) in [5.74, 6) is 1.38. The summed E-state index contributed by atoms with van der Waals surface area (Å²) >= 11 is 0. The second-order valence-electron chi connectivity index (χ2n) is 4.41. The zero-order chi connectivity index (χ0) is 15.1. The summed E-state index contributed by atoms with van der Waals surface area (Å²) in [6.07, 6.45) is 1.54. The van der Waals surface area contributed by atoms with Crippen molar-refractivity contribution in [3.8, 4) is 5.75 Å². The maximum atomic E-state index is 11.8. The van der Waals surface area contributed by atoms with Gasteiger partial charge in [0.05, 0.1) is 32.6 Å². The Hall–Kier alpha value is -2.47. The molecule has 1 heterocycles. The Kier molecular flexibility index (Phi) is 5.22. The molecule has 1 aromatic heterocycles. The van der Waals surface area contributed by atoms with E-state index in [4.69, 9.17) is 9.15 Å². The van der Waals surface area contributed by atoms with E-state index in [1.165, 1.54) is 0 Å². The van der Waals surface area contributed by atoms with Crippen molar-refractivity contribution in [3.05, 3.63) is 54.0 Å². The number of hydrogen-bond acceptors (Lipinski definition) is 4. The predicted molar refractivity (Wildman–Crippen MR) is 76.9 cm³/mol. The molecule has 6 nitrogen and oxygen atoms in total. The van der Waals surface area contributed by atoms with E-state index in [2.05, 4.69) is 10.6 Å². The highest BCUT2D eigenvalue weighted by Crippen LogP contribution is 2.17. The SMILES string of the molecule is COc1ccc([C@H](CO)NC(=O)NCc2ccco2)cc1. The first-order valence-corrected chi connectivity index (χ1v) is 6.54. The Labute approximate surface area is 122 Å². The van der Waals surface area contributed by atoms with Crippen LogP contribution in [-0.4, -0.2) is 24.9 Å². The summed E-state index contributed by atoms with van der Waals surface area (Å²) in [6.45, 7) is 0.0973. The molecule has 3 N–H and O–H groups in total. The molecule has 0 aliphatic heterocycles. The predicted octanol–water partition coefficient (Wildman–Crippen LogP) is 1.82. The Morgan fingerprint density at radius 3 is 2.67 bits per heavy atom. The van der Waals surface area contributed by atoms with Crippen LogP contribution in [0.15, 0.2) is 47.1 Å². The molecule has 2 amide bonds. The van der Waals surface area contributed by atoms with Gasteiger partial charge in [-0.2, -0.15) is 0 Å². The molecule has 0 saturated carbocycles.